The molecule has 0 saturated carbocycles. The molecule has 2 unspecified atom stereocenters. The molecular weight excluding hydrogens is 363 g/mol. The van der Waals surface area contributed by atoms with Gasteiger partial charge in [0.1, 0.15) is 17.5 Å². The van der Waals surface area contributed by atoms with Gasteiger partial charge in [-0.3, -0.25) is 0 Å². The minimum Gasteiger partial charge on any atom is -0.507 e. The third kappa shape index (κ3) is 3.07. The number of imidazole rings is 1. The molecule has 4 atom stereocenters. The van der Waals surface area contributed by atoms with E-state index in [-0.39, 0.29) is 17.8 Å². The molecule has 9 heteroatoms. The summed E-state index contributed by atoms with van der Waals surface area (Å²) in [6.07, 6.45) is 7.32. The number of phenols is 1. The SMILES string of the molecule is Oc1cc(-n2ccnc2)ccc1-c1cnc(O[C@@H]2CC3CCC(N3)[C@@H]2F)nn1. The van der Waals surface area contributed by atoms with Gasteiger partial charge >= 0.3 is 6.01 Å². The van der Waals surface area contributed by atoms with Gasteiger partial charge in [-0.05, 0) is 25.0 Å². The maximum absolute atomic E-state index is 14.5. The number of benzene rings is 1. The lowest BCUT2D eigenvalue weighted by Gasteiger charge is -2.31. The van der Waals surface area contributed by atoms with E-state index in [2.05, 4.69) is 25.5 Å². The van der Waals surface area contributed by atoms with E-state index in [1.165, 1.54) is 6.20 Å². The van der Waals surface area contributed by atoms with Gasteiger partial charge in [0.15, 0.2) is 6.17 Å². The van der Waals surface area contributed by atoms with Gasteiger partial charge in [-0.1, -0.05) is 5.10 Å². The number of aromatic hydroxyl groups is 1. The Bertz CT molecular complexity index is 965. The minimum absolute atomic E-state index is 0.0484. The fourth-order valence-corrected chi connectivity index (χ4v) is 3.96. The molecule has 2 bridgehead atoms. The van der Waals surface area contributed by atoms with Crippen molar-refractivity contribution >= 4 is 0 Å². The Morgan fingerprint density at radius 2 is 2.18 bits per heavy atom. The highest BCUT2D eigenvalue weighted by Gasteiger charge is 2.43. The number of aromatic nitrogens is 5. The summed E-state index contributed by atoms with van der Waals surface area (Å²) in [4.78, 5) is 8.15. The van der Waals surface area contributed by atoms with E-state index < -0.39 is 12.3 Å². The van der Waals surface area contributed by atoms with Gasteiger partial charge < -0.3 is 19.7 Å². The zero-order valence-corrected chi connectivity index (χ0v) is 14.9. The second-order valence-electron chi connectivity index (χ2n) is 7.18. The van der Waals surface area contributed by atoms with Crippen LogP contribution in [0.1, 0.15) is 19.3 Å². The van der Waals surface area contributed by atoms with Crippen molar-refractivity contribution in [1.29, 1.82) is 0 Å². The number of phenolic OH excluding ortho intramolecular Hbond substituents is 1. The molecule has 144 valence electrons. The van der Waals surface area contributed by atoms with Crippen molar-refractivity contribution in [2.75, 3.05) is 0 Å². The monoisotopic (exact) mass is 382 g/mol. The lowest BCUT2D eigenvalue weighted by Crippen LogP contribution is -2.51. The molecule has 2 aromatic heterocycles. The number of ether oxygens (including phenoxy) is 1. The van der Waals surface area contributed by atoms with Gasteiger partial charge in [0.05, 0.1) is 18.2 Å². The number of piperidine rings is 1. The molecule has 1 aromatic carbocycles. The number of fused-ring (bicyclic) bond motifs is 2. The molecule has 28 heavy (non-hydrogen) atoms. The quantitative estimate of drug-likeness (QED) is 0.712. The average Bonchev–Trinajstić information content (AvgIpc) is 3.37. The molecule has 4 heterocycles. The lowest BCUT2D eigenvalue weighted by molar-refractivity contribution is 0.0386. The summed E-state index contributed by atoms with van der Waals surface area (Å²) in [7, 11) is 0. The third-order valence-electron chi connectivity index (χ3n) is 5.39. The van der Waals surface area contributed by atoms with Crippen LogP contribution in [0.15, 0.2) is 43.1 Å². The van der Waals surface area contributed by atoms with Crippen molar-refractivity contribution < 1.29 is 14.2 Å². The van der Waals surface area contributed by atoms with Crippen LogP contribution in [0.2, 0.25) is 0 Å². The molecule has 2 fully saturated rings. The standard InChI is InChI=1S/C19H19FN6O2/c20-18-14-4-1-11(23-14)7-17(18)28-19-22-9-15(24-25-19)13-3-2-12(8-16(13)27)26-6-5-21-10-26/h2-3,5-6,8-11,14,17-18,23,27H,1,4,7H2/t11?,14?,17-,18+/m1/s1. The van der Waals surface area contributed by atoms with Gasteiger partial charge in [-0.2, -0.15) is 0 Å². The van der Waals surface area contributed by atoms with Gasteiger partial charge in [0.2, 0.25) is 0 Å². The molecule has 8 nitrogen and oxygen atoms in total. The zero-order chi connectivity index (χ0) is 19.1. The lowest BCUT2D eigenvalue weighted by atomic mass is 10.0. The fraction of sp³-hybridized carbons (Fsp3) is 0.368. The van der Waals surface area contributed by atoms with Gasteiger partial charge in [-0.15, -0.1) is 5.10 Å². The maximum atomic E-state index is 14.5. The fourth-order valence-electron chi connectivity index (χ4n) is 3.96. The van der Waals surface area contributed by atoms with Crippen LogP contribution in [0.25, 0.3) is 16.9 Å². The first-order valence-electron chi connectivity index (χ1n) is 9.25. The molecule has 2 N–H and O–H groups in total. The predicted octanol–water partition coefficient (Wildman–Crippen LogP) is 2.04. The molecule has 0 aliphatic carbocycles. The molecule has 2 aliphatic rings. The topological polar surface area (TPSA) is 98.0 Å². The van der Waals surface area contributed by atoms with Crippen LogP contribution >= 0.6 is 0 Å². The zero-order valence-electron chi connectivity index (χ0n) is 14.9. The second kappa shape index (κ2) is 6.83. The predicted molar refractivity (Wildman–Crippen MR) is 97.9 cm³/mol. The van der Waals surface area contributed by atoms with Crippen LogP contribution in [0.5, 0.6) is 11.8 Å². The summed E-state index contributed by atoms with van der Waals surface area (Å²) in [6, 6.07) is 5.37. The average molecular weight is 382 g/mol. The molecule has 0 amide bonds. The maximum Gasteiger partial charge on any atom is 0.336 e. The molecule has 3 aromatic rings. The van der Waals surface area contributed by atoms with Crippen LogP contribution in [0.3, 0.4) is 0 Å². The second-order valence-corrected chi connectivity index (χ2v) is 7.18. The van der Waals surface area contributed by atoms with Crippen LogP contribution in [0.4, 0.5) is 4.39 Å². The number of halogens is 1. The van der Waals surface area contributed by atoms with Crippen molar-refractivity contribution in [2.24, 2.45) is 0 Å². The van der Waals surface area contributed by atoms with Crippen molar-refractivity contribution in [2.45, 2.75) is 43.6 Å². The largest absolute Gasteiger partial charge is 0.507 e. The number of nitrogens with one attached hydrogen (secondary N) is 1. The van der Waals surface area contributed by atoms with E-state index in [0.717, 1.165) is 18.5 Å². The Morgan fingerprint density at radius 3 is 2.93 bits per heavy atom. The highest BCUT2D eigenvalue weighted by Crippen LogP contribution is 2.32. The van der Waals surface area contributed by atoms with Crippen molar-refractivity contribution in [3.63, 3.8) is 0 Å². The first-order chi connectivity index (χ1) is 13.7. The van der Waals surface area contributed by atoms with Gasteiger partial charge in [0, 0.05) is 42.5 Å². The van der Waals surface area contributed by atoms with E-state index in [0.29, 0.717) is 23.7 Å². The molecule has 0 spiro atoms. The smallest absolute Gasteiger partial charge is 0.336 e. The Labute approximate surface area is 160 Å². The van der Waals surface area contributed by atoms with E-state index in [4.69, 9.17) is 4.74 Å². The first-order valence-corrected chi connectivity index (χ1v) is 9.25. The number of nitrogens with zero attached hydrogens (tertiary/aromatic N) is 5. The molecular formula is C19H19FN6O2. The van der Waals surface area contributed by atoms with E-state index in [9.17, 15) is 9.50 Å². The summed E-state index contributed by atoms with van der Waals surface area (Å²) >= 11 is 0. The molecule has 2 saturated heterocycles. The highest BCUT2D eigenvalue weighted by molar-refractivity contribution is 5.67. The van der Waals surface area contributed by atoms with Crippen LogP contribution in [0, 0.1) is 0 Å². The van der Waals surface area contributed by atoms with Crippen molar-refractivity contribution in [1.82, 2.24) is 30.0 Å². The van der Waals surface area contributed by atoms with Crippen LogP contribution in [-0.2, 0) is 0 Å². The third-order valence-corrected chi connectivity index (χ3v) is 5.39. The van der Waals surface area contributed by atoms with Crippen molar-refractivity contribution in [3.8, 4) is 28.7 Å². The van der Waals surface area contributed by atoms with E-state index in [1.54, 1.807) is 35.4 Å². The number of rotatable bonds is 4. The summed E-state index contributed by atoms with van der Waals surface area (Å²) in [5.41, 5.74) is 1.68. The van der Waals surface area contributed by atoms with Gasteiger partial charge in [0.25, 0.3) is 0 Å². The highest BCUT2D eigenvalue weighted by atomic mass is 19.1. The Kier molecular flexibility index (Phi) is 4.16. The summed E-state index contributed by atoms with van der Waals surface area (Å²) in [5, 5.41) is 21.7. The number of hydrogen-bond donors (Lipinski definition) is 2. The Hall–Kier alpha value is -3.07. The Balaban J connectivity index is 1.32. The van der Waals surface area contributed by atoms with Crippen molar-refractivity contribution in [3.05, 3.63) is 43.1 Å². The minimum atomic E-state index is -1.08. The van der Waals surface area contributed by atoms with E-state index in [1.807, 2.05) is 6.07 Å². The Morgan fingerprint density at radius 1 is 1.25 bits per heavy atom. The van der Waals surface area contributed by atoms with Crippen LogP contribution < -0.4 is 10.1 Å². The molecule has 0 radical (unpaired) electrons. The normalized spacial score (nSPS) is 26.3. The van der Waals surface area contributed by atoms with Crippen LogP contribution in [-0.4, -0.2) is 54.2 Å². The first kappa shape index (κ1) is 17.1. The van der Waals surface area contributed by atoms with E-state index >= 15 is 0 Å². The molecule has 2 aliphatic heterocycles. The summed E-state index contributed by atoms with van der Waals surface area (Å²) < 4.78 is 21.9. The summed E-state index contributed by atoms with van der Waals surface area (Å²) in [5.74, 6) is 0.0507. The number of hydrogen-bond acceptors (Lipinski definition) is 7. The number of alkyl halides is 1. The summed E-state index contributed by atoms with van der Waals surface area (Å²) in [6.45, 7) is 0. The van der Waals surface area contributed by atoms with Gasteiger partial charge in [-0.25, -0.2) is 14.4 Å². The molecule has 5 rings (SSSR count).